The van der Waals surface area contributed by atoms with Crippen molar-refractivity contribution in [3.05, 3.63) is 28.8 Å². The number of carbonyl (C=O) groups is 2. The number of benzene rings is 1. The number of esters is 1. The molecule has 0 radical (unpaired) electrons. The van der Waals surface area contributed by atoms with E-state index >= 15 is 0 Å². The van der Waals surface area contributed by atoms with Crippen molar-refractivity contribution in [3.8, 4) is 0 Å². The van der Waals surface area contributed by atoms with Crippen LogP contribution in [0, 0.1) is 0 Å². The zero-order valence-electron chi connectivity index (χ0n) is 11.3. The van der Waals surface area contributed by atoms with Gasteiger partial charge in [-0.1, -0.05) is 11.6 Å². The molecule has 0 saturated carbocycles. The lowest BCUT2D eigenvalue weighted by atomic mass is 10.1. The molecule has 1 rings (SSSR count). The number of anilines is 1. The van der Waals surface area contributed by atoms with E-state index in [1.807, 2.05) is 0 Å². The largest absolute Gasteiger partial charge is 0.465 e. The maximum Gasteiger partial charge on any atom is 0.340 e. The molecule has 0 aliphatic rings. The first-order valence-corrected chi connectivity index (χ1v) is 6.30. The van der Waals surface area contributed by atoms with Crippen molar-refractivity contribution in [3.63, 3.8) is 0 Å². The molecular formula is C13H17ClN2O4. The van der Waals surface area contributed by atoms with Crippen LogP contribution in [-0.2, 0) is 14.3 Å². The molecule has 0 aliphatic heterocycles. The molecule has 20 heavy (non-hydrogen) atoms. The Morgan fingerprint density at radius 2 is 2.10 bits per heavy atom. The SMILES string of the molecule is COC(=O)c1cc(Cl)ccc1NC(=O)CC(CN)OC. The highest BCUT2D eigenvalue weighted by atomic mass is 35.5. The van der Waals surface area contributed by atoms with E-state index in [9.17, 15) is 9.59 Å². The summed E-state index contributed by atoms with van der Waals surface area (Å²) in [7, 11) is 2.73. The first-order valence-electron chi connectivity index (χ1n) is 5.92. The highest BCUT2D eigenvalue weighted by Crippen LogP contribution is 2.21. The summed E-state index contributed by atoms with van der Waals surface area (Å²) in [5.74, 6) is -0.889. The second-order valence-corrected chi connectivity index (χ2v) is 4.46. The lowest BCUT2D eigenvalue weighted by Gasteiger charge is -2.14. The van der Waals surface area contributed by atoms with Gasteiger partial charge in [0.15, 0.2) is 0 Å². The fourth-order valence-electron chi connectivity index (χ4n) is 1.58. The van der Waals surface area contributed by atoms with Gasteiger partial charge in [0, 0.05) is 18.7 Å². The monoisotopic (exact) mass is 300 g/mol. The Morgan fingerprint density at radius 1 is 1.40 bits per heavy atom. The zero-order chi connectivity index (χ0) is 15.1. The van der Waals surface area contributed by atoms with Crippen molar-refractivity contribution < 1.29 is 19.1 Å². The molecule has 0 fully saturated rings. The van der Waals surface area contributed by atoms with E-state index in [0.717, 1.165) is 0 Å². The number of nitrogens with two attached hydrogens (primary N) is 1. The zero-order valence-corrected chi connectivity index (χ0v) is 12.1. The van der Waals surface area contributed by atoms with Crippen LogP contribution in [-0.4, -0.2) is 38.7 Å². The average molecular weight is 301 g/mol. The third-order valence-electron chi connectivity index (χ3n) is 2.67. The third-order valence-corrected chi connectivity index (χ3v) is 2.91. The number of halogens is 1. The summed E-state index contributed by atoms with van der Waals surface area (Å²) in [5.41, 5.74) is 5.97. The lowest BCUT2D eigenvalue weighted by molar-refractivity contribution is -0.118. The molecule has 0 spiro atoms. The number of carbonyl (C=O) groups excluding carboxylic acids is 2. The molecule has 1 aromatic rings. The minimum atomic E-state index is -0.579. The third kappa shape index (κ3) is 4.48. The summed E-state index contributed by atoms with van der Waals surface area (Å²) in [5, 5.41) is 2.99. The van der Waals surface area contributed by atoms with Crippen molar-refractivity contribution in [2.45, 2.75) is 12.5 Å². The van der Waals surface area contributed by atoms with Crippen molar-refractivity contribution in [2.75, 3.05) is 26.1 Å². The molecule has 0 aromatic heterocycles. The minimum Gasteiger partial charge on any atom is -0.465 e. The van der Waals surface area contributed by atoms with Gasteiger partial charge in [-0.25, -0.2) is 4.79 Å². The van der Waals surface area contributed by atoms with Crippen molar-refractivity contribution in [1.82, 2.24) is 0 Å². The molecule has 1 atom stereocenters. The van der Waals surface area contributed by atoms with E-state index in [0.29, 0.717) is 10.7 Å². The fourth-order valence-corrected chi connectivity index (χ4v) is 1.75. The Kier molecular flexibility index (Phi) is 6.44. The first-order chi connectivity index (χ1) is 9.51. The van der Waals surface area contributed by atoms with E-state index in [2.05, 4.69) is 10.1 Å². The Morgan fingerprint density at radius 3 is 2.65 bits per heavy atom. The van der Waals surface area contributed by atoms with Crippen molar-refractivity contribution >= 4 is 29.2 Å². The Labute approximate surface area is 122 Å². The summed E-state index contributed by atoms with van der Waals surface area (Å²) in [6, 6.07) is 4.54. The second kappa shape index (κ2) is 7.84. The normalized spacial score (nSPS) is 11.8. The highest BCUT2D eigenvalue weighted by Gasteiger charge is 2.16. The van der Waals surface area contributed by atoms with Gasteiger partial charge in [0.25, 0.3) is 0 Å². The molecular weight excluding hydrogens is 284 g/mol. The van der Waals surface area contributed by atoms with Gasteiger partial charge >= 0.3 is 5.97 Å². The molecule has 1 unspecified atom stereocenters. The van der Waals surface area contributed by atoms with Gasteiger partial charge < -0.3 is 20.5 Å². The summed E-state index contributed by atoms with van der Waals surface area (Å²) in [6.45, 7) is 0.231. The number of methoxy groups -OCH3 is 2. The highest BCUT2D eigenvalue weighted by molar-refractivity contribution is 6.31. The molecule has 0 aliphatic carbocycles. The fraction of sp³-hybridized carbons (Fsp3) is 0.385. The van der Waals surface area contributed by atoms with Crippen LogP contribution in [0.2, 0.25) is 5.02 Å². The van der Waals surface area contributed by atoms with Crippen LogP contribution in [0.25, 0.3) is 0 Å². The van der Waals surface area contributed by atoms with E-state index in [1.54, 1.807) is 6.07 Å². The number of rotatable bonds is 6. The summed E-state index contributed by atoms with van der Waals surface area (Å²) in [4.78, 5) is 23.5. The van der Waals surface area contributed by atoms with Crippen LogP contribution >= 0.6 is 11.6 Å². The average Bonchev–Trinajstić information content (AvgIpc) is 2.45. The van der Waals surface area contributed by atoms with Gasteiger partial charge in [-0.15, -0.1) is 0 Å². The molecule has 1 amide bonds. The van der Waals surface area contributed by atoms with Gasteiger partial charge in [0.2, 0.25) is 5.91 Å². The van der Waals surface area contributed by atoms with E-state index < -0.39 is 5.97 Å². The first kappa shape index (κ1) is 16.4. The van der Waals surface area contributed by atoms with Gasteiger partial charge in [0.05, 0.1) is 30.9 Å². The van der Waals surface area contributed by atoms with Crippen LogP contribution in [0.4, 0.5) is 5.69 Å². The molecule has 3 N–H and O–H groups in total. The topological polar surface area (TPSA) is 90.7 Å². The van der Waals surface area contributed by atoms with Gasteiger partial charge in [-0.3, -0.25) is 4.79 Å². The molecule has 1 aromatic carbocycles. The van der Waals surface area contributed by atoms with Crippen LogP contribution in [0.1, 0.15) is 16.8 Å². The van der Waals surface area contributed by atoms with E-state index in [1.165, 1.54) is 26.4 Å². The van der Waals surface area contributed by atoms with Crippen LogP contribution in [0.15, 0.2) is 18.2 Å². The predicted molar refractivity (Wildman–Crippen MR) is 75.9 cm³/mol. The summed E-state index contributed by atoms with van der Waals surface area (Å²) < 4.78 is 9.67. The number of hydrogen-bond acceptors (Lipinski definition) is 5. The number of hydrogen-bond donors (Lipinski definition) is 2. The number of amides is 1. The smallest absolute Gasteiger partial charge is 0.340 e. The van der Waals surface area contributed by atoms with Crippen LogP contribution in [0.3, 0.4) is 0 Å². The Bertz CT molecular complexity index is 489. The standard InChI is InChI=1S/C13H17ClN2O4/c1-19-9(7-15)6-12(17)16-11-4-3-8(14)5-10(11)13(18)20-2/h3-5,9H,6-7,15H2,1-2H3,(H,16,17). The van der Waals surface area contributed by atoms with Crippen LogP contribution in [0.5, 0.6) is 0 Å². The maximum absolute atomic E-state index is 11.9. The predicted octanol–water partition coefficient (Wildman–Crippen LogP) is 1.43. The maximum atomic E-state index is 11.9. The van der Waals surface area contributed by atoms with Gasteiger partial charge in [-0.05, 0) is 18.2 Å². The van der Waals surface area contributed by atoms with Gasteiger partial charge in [0.1, 0.15) is 0 Å². The minimum absolute atomic E-state index is 0.0935. The van der Waals surface area contributed by atoms with Gasteiger partial charge in [-0.2, -0.15) is 0 Å². The summed E-state index contributed by atoms with van der Waals surface area (Å²) in [6.07, 6.45) is -0.278. The summed E-state index contributed by atoms with van der Waals surface area (Å²) >= 11 is 5.83. The second-order valence-electron chi connectivity index (χ2n) is 4.03. The lowest BCUT2D eigenvalue weighted by Crippen LogP contribution is -2.28. The Balaban J connectivity index is 2.86. The number of ether oxygens (including phenoxy) is 2. The van der Waals surface area contributed by atoms with Crippen LogP contribution < -0.4 is 11.1 Å². The molecule has 110 valence electrons. The van der Waals surface area contributed by atoms with E-state index in [-0.39, 0.29) is 30.5 Å². The van der Waals surface area contributed by atoms with Crippen molar-refractivity contribution in [2.24, 2.45) is 5.73 Å². The molecule has 0 saturated heterocycles. The molecule has 7 heteroatoms. The van der Waals surface area contributed by atoms with E-state index in [4.69, 9.17) is 22.1 Å². The number of nitrogens with one attached hydrogen (secondary N) is 1. The quantitative estimate of drug-likeness (QED) is 0.776. The molecule has 6 nitrogen and oxygen atoms in total. The molecule has 0 bridgehead atoms. The molecule has 0 heterocycles. The Hall–Kier alpha value is -1.63. The van der Waals surface area contributed by atoms with Crippen molar-refractivity contribution in [1.29, 1.82) is 0 Å².